The van der Waals surface area contributed by atoms with Crippen LogP contribution < -0.4 is 10.1 Å². The third-order valence-corrected chi connectivity index (χ3v) is 5.37. The van der Waals surface area contributed by atoms with Crippen molar-refractivity contribution in [2.75, 3.05) is 7.11 Å². The Kier molecular flexibility index (Phi) is 4.41. The van der Waals surface area contributed by atoms with Crippen molar-refractivity contribution in [2.45, 2.75) is 20.4 Å². The van der Waals surface area contributed by atoms with Crippen LogP contribution in [0.15, 0.2) is 35.8 Å². The number of carbonyl (C=O) groups excluding carboxylic acids is 1. The molecule has 3 aromatic heterocycles. The first-order valence-corrected chi connectivity index (χ1v) is 9.35. The molecule has 0 radical (unpaired) electrons. The molecule has 7 nitrogen and oxygen atoms in total. The molecule has 0 saturated heterocycles. The van der Waals surface area contributed by atoms with E-state index in [1.807, 2.05) is 54.1 Å². The van der Waals surface area contributed by atoms with E-state index in [9.17, 15) is 4.79 Å². The first-order valence-electron chi connectivity index (χ1n) is 8.47. The number of aromatic amines is 1. The molecule has 0 bridgehead atoms. The first-order chi connectivity index (χ1) is 13.1. The Balaban J connectivity index is 1.61. The van der Waals surface area contributed by atoms with Crippen molar-refractivity contribution in [1.82, 2.24) is 24.9 Å². The van der Waals surface area contributed by atoms with E-state index in [0.717, 1.165) is 38.9 Å². The first kappa shape index (κ1) is 17.3. The molecule has 0 fully saturated rings. The second-order valence-electron chi connectivity index (χ2n) is 6.20. The molecule has 8 heteroatoms. The Labute approximate surface area is 160 Å². The summed E-state index contributed by atoms with van der Waals surface area (Å²) in [5.41, 5.74) is 5.09. The number of rotatable bonds is 5. The molecule has 0 spiro atoms. The number of amides is 1. The summed E-state index contributed by atoms with van der Waals surface area (Å²) in [6.07, 6.45) is 1.87. The number of hydrogen-bond donors (Lipinski definition) is 2. The van der Waals surface area contributed by atoms with E-state index >= 15 is 0 Å². The van der Waals surface area contributed by atoms with Crippen LogP contribution in [0.4, 0.5) is 0 Å². The van der Waals surface area contributed by atoms with Crippen molar-refractivity contribution >= 4 is 22.2 Å². The number of thiazole rings is 1. The number of methoxy groups -OCH3 is 1. The van der Waals surface area contributed by atoms with Crippen molar-refractivity contribution in [3.05, 3.63) is 58.5 Å². The Morgan fingerprint density at radius 1 is 1.33 bits per heavy atom. The van der Waals surface area contributed by atoms with Gasteiger partial charge in [-0.2, -0.15) is 5.10 Å². The number of fused-ring (bicyclic) bond motifs is 1. The number of nitrogens with one attached hydrogen (secondary N) is 2. The zero-order valence-electron chi connectivity index (χ0n) is 15.2. The maximum absolute atomic E-state index is 12.7. The van der Waals surface area contributed by atoms with E-state index < -0.39 is 0 Å². The monoisotopic (exact) mass is 381 g/mol. The lowest BCUT2D eigenvalue weighted by atomic mass is 10.1. The van der Waals surface area contributed by atoms with Gasteiger partial charge in [-0.25, -0.2) is 4.98 Å². The fourth-order valence-electron chi connectivity index (χ4n) is 3.03. The predicted molar refractivity (Wildman–Crippen MR) is 104 cm³/mol. The number of aryl methyl sites for hydroxylation is 2. The highest BCUT2D eigenvalue weighted by Gasteiger charge is 2.17. The van der Waals surface area contributed by atoms with E-state index in [2.05, 4.69) is 20.5 Å². The number of carbonyl (C=O) groups is 1. The Bertz CT molecular complexity index is 1100. The standard InChI is InChI=1S/C19H19N5O2S/c1-11-14(12(2)23-22-11)8-20-18(25)16-10-27-19-21-15(9-24(16)19)13-6-4-5-7-17(13)26-3/h4-7,9-10H,8H2,1-3H3,(H,20,25)(H,22,23). The number of para-hydroxylation sites is 1. The summed E-state index contributed by atoms with van der Waals surface area (Å²) < 4.78 is 7.23. The number of hydrogen-bond acceptors (Lipinski definition) is 5. The zero-order valence-corrected chi connectivity index (χ0v) is 16.1. The van der Waals surface area contributed by atoms with Gasteiger partial charge in [0.25, 0.3) is 5.91 Å². The van der Waals surface area contributed by atoms with Gasteiger partial charge in [-0.3, -0.25) is 14.3 Å². The van der Waals surface area contributed by atoms with Gasteiger partial charge in [0.2, 0.25) is 0 Å². The minimum absolute atomic E-state index is 0.148. The highest BCUT2D eigenvalue weighted by atomic mass is 32.1. The highest BCUT2D eigenvalue weighted by Crippen LogP contribution is 2.30. The van der Waals surface area contributed by atoms with Crippen LogP contribution in [0, 0.1) is 13.8 Å². The minimum atomic E-state index is -0.148. The minimum Gasteiger partial charge on any atom is -0.496 e. The smallest absolute Gasteiger partial charge is 0.269 e. The second-order valence-corrected chi connectivity index (χ2v) is 7.03. The molecule has 27 heavy (non-hydrogen) atoms. The van der Waals surface area contributed by atoms with E-state index in [-0.39, 0.29) is 5.91 Å². The van der Waals surface area contributed by atoms with Gasteiger partial charge in [0, 0.05) is 34.9 Å². The fraction of sp³-hybridized carbons (Fsp3) is 0.211. The van der Waals surface area contributed by atoms with Crippen LogP contribution in [-0.4, -0.2) is 32.6 Å². The molecule has 138 valence electrons. The van der Waals surface area contributed by atoms with Crippen molar-refractivity contribution in [1.29, 1.82) is 0 Å². The Morgan fingerprint density at radius 2 is 2.15 bits per heavy atom. The average Bonchev–Trinajstić information content (AvgIpc) is 3.34. The lowest BCUT2D eigenvalue weighted by Gasteiger charge is -2.05. The Hall–Kier alpha value is -3.13. The van der Waals surface area contributed by atoms with Crippen LogP contribution >= 0.6 is 11.3 Å². The third kappa shape index (κ3) is 3.08. The molecule has 0 unspecified atom stereocenters. The molecule has 0 aliphatic carbocycles. The molecule has 0 aliphatic heterocycles. The molecule has 2 N–H and O–H groups in total. The number of H-pyrrole nitrogens is 1. The number of ether oxygens (including phenoxy) is 1. The molecule has 4 aromatic rings. The van der Waals surface area contributed by atoms with Crippen LogP contribution in [0.25, 0.3) is 16.2 Å². The van der Waals surface area contributed by atoms with Gasteiger partial charge in [0.1, 0.15) is 11.4 Å². The molecule has 1 aromatic carbocycles. The van der Waals surface area contributed by atoms with Crippen LogP contribution in [0.5, 0.6) is 5.75 Å². The van der Waals surface area contributed by atoms with Gasteiger partial charge in [0.15, 0.2) is 4.96 Å². The third-order valence-electron chi connectivity index (χ3n) is 4.53. The number of nitrogens with zero attached hydrogens (tertiary/aromatic N) is 3. The SMILES string of the molecule is COc1ccccc1-c1cn2c(C(=O)NCc3c(C)n[nH]c3C)csc2n1. The van der Waals surface area contributed by atoms with Gasteiger partial charge in [-0.1, -0.05) is 12.1 Å². The van der Waals surface area contributed by atoms with Crippen LogP contribution in [0.3, 0.4) is 0 Å². The molecule has 0 saturated carbocycles. The zero-order chi connectivity index (χ0) is 19.0. The number of aromatic nitrogens is 4. The number of benzene rings is 1. The second kappa shape index (κ2) is 6.88. The molecular weight excluding hydrogens is 362 g/mol. The summed E-state index contributed by atoms with van der Waals surface area (Å²) >= 11 is 1.43. The molecular formula is C19H19N5O2S. The van der Waals surface area contributed by atoms with Gasteiger partial charge in [-0.05, 0) is 26.0 Å². The van der Waals surface area contributed by atoms with Crippen molar-refractivity contribution in [2.24, 2.45) is 0 Å². The van der Waals surface area contributed by atoms with E-state index in [1.54, 1.807) is 7.11 Å². The van der Waals surface area contributed by atoms with Gasteiger partial charge < -0.3 is 10.1 Å². The molecule has 0 atom stereocenters. The summed E-state index contributed by atoms with van der Waals surface area (Å²) in [5, 5.41) is 11.9. The summed E-state index contributed by atoms with van der Waals surface area (Å²) in [5.74, 6) is 0.602. The van der Waals surface area contributed by atoms with Crippen molar-refractivity contribution < 1.29 is 9.53 Å². The van der Waals surface area contributed by atoms with E-state index in [0.29, 0.717) is 12.2 Å². The van der Waals surface area contributed by atoms with Crippen molar-refractivity contribution in [3.8, 4) is 17.0 Å². The maximum Gasteiger partial charge on any atom is 0.269 e. The fourth-order valence-corrected chi connectivity index (χ4v) is 3.88. The maximum atomic E-state index is 12.7. The van der Waals surface area contributed by atoms with Crippen LogP contribution in [-0.2, 0) is 6.54 Å². The van der Waals surface area contributed by atoms with Crippen LogP contribution in [0.2, 0.25) is 0 Å². The lowest BCUT2D eigenvalue weighted by Crippen LogP contribution is -2.24. The summed E-state index contributed by atoms with van der Waals surface area (Å²) in [6.45, 7) is 4.29. The average molecular weight is 381 g/mol. The number of imidazole rings is 1. The van der Waals surface area contributed by atoms with Gasteiger partial charge in [-0.15, -0.1) is 11.3 Å². The summed E-state index contributed by atoms with van der Waals surface area (Å²) in [6, 6.07) is 7.70. The van der Waals surface area contributed by atoms with Crippen LogP contribution in [0.1, 0.15) is 27.4 Å². The molecule has 3 heterocycles. The topological polar surface area (TPSA) is 84.3 Å². The van der Waals surface area contributed by atoms with Gasteiger partial charge in [0.05, 0.1) is 18.5 Å². The summed E-state index contributed by atoms with van der Waals surface area (Å²) in [4.78, 5) is 18.1. The molecule has 4 rings (SSSR count). The Morgan fingerprint density at radius 3 is 2.89 bits per heavy atom. The molecule has 1 amide bonds. The largest absolute Gasteiger partial charge is 0.496 e. The molecule has 0 aliphatic rings. The van der Waals surface area contributed by atoms with Gasteiger partial charge >= 0.3 is 0 Å². The quantitative estimate of drug-likeness (QED) is 0.555. The van der Waals surface area contributed by atoms with Crippen molar-refractivity contribution in [3.63, 3.8) is 0 Å². The normalized spacial score (nSPS) is 11.1. The highest BCUT2D eigenvalue weighted by molar-refractivity contribution is 7.15. The van der Waals surface area contributed by atoms with E-state index in [4.69, 9.17) is 4.74 Å². The lowest BCUT2D eigenvalue weighted by molar-refractivity contribution is 0.0945. The van der Waals surface area contributed by atoms with E-state index in [1.165, 1.54) is 11.3 Å². The summed E-state index contributed by atoms with van der Waals surface area (Å²) in [7, 11) is 1.63. The predicted octanol–water partition coefficient (Wildman–Crippen LogP) is 3.34.